The maximum atomic E-state index is 14.2. The number of hydrogen-bond donors (Lipinski definition) is 2. The van der Waals surface area contributed by atoms with Gasteiger partial charge in [-0.15, -0.1) is 0 Å². The highest BCUT2D eigenvalue weighted by molar-refractivity contribution is 6.31. The number of halogens is 3. The number of carbonyl (C=O) groups excluding carboxylic acids is 1. The summed E-state index contributed by atoms with van der Waals surface area (Å²) in [5.41, 5.74) is 6.07. The Balaban J connectivity index is 2.31. The fraction of sp³-hybridized carbons (Fsp3) is 0.118. The van der Waals surface area contributed by atoms with E-state index in [1.807, 2.05) is 0 Å². The van der Waals surface area contributed by atoms with E-state index >= 15 is 0 Å². The molecule has 0 bridgehead atoms. The Kier molecular flexibility index (Phi) is 4.15. The van der Waals surface area contributed by atoms with E-state index in [1.165, 1.54) is 6.07 Å². The van der Waals surface area contributed by atoms with Gasteiger partial charge in [-0.2, -0.15) is 0 Å². The average molecular weight is 335 g/mol. The highest BCUT2D eigenvalue weighted by atomic mass is 35.5. The van der Waals surface area contributed by atoms with Crippen LogP contribution in [0.2, 0.25) is 5.02 Å². The second-order valence-electron chi connectivity index (χ2n) is 5.21. The second kappa shape index (κ2) is 6.10. The Morgan fingerprint density at radius 1 is 1.04 bits per heavy atom. The van der Waals surface area contributed by atoms with E-state index in [9.17, 15) is 13.6 Å². The van der Waals surface area contributed by atoms with Gasteiger partial charge in [-0.25, -0.2) is 14.2 Å². The van der Waals surface area contributed by atoms with E-state index in [4.69, 9.17) is 11.6 Å². The maximum absolute atomic E-state index is 14.2. The first-order valence-electron chi connectivity index (χ1n) is 6.99. The highest BCUT2D eigenvalue weighted by Gasteiger charge is 2.30. The fourth-order valence-electron chi connectivity index (χ4n) is 2.66. The fourth-order valence-corrected chi connectivity index (χ4v) is 2.78. The topological polar surface area (TPSA) is 41.1 Å². The largest absolute Gasteiger partial charge is 0.287 e. The number of carbonyl (C=O) groups is 1. The normalized spacial score (nSPS) is 18.1. The molecule has 0 aromatic heterocycles. The van der Waals surface area contributed by atoms with E-state index in [-0.39, 0.29) is 17.2 Å². The van der Waals surface area contributed by atoms with Crippen LogP contribution in [0.3, 0.4) is 0 Å². The van der Waals surface area contributed by atoms with Crippen molar-refractivity contribution in [3.63, 3.8) is 0 Å². The summed E-state index contributed by atoms with van der Waals surface area (Å²) in [7, 11) is 0. The summed E-state index contributed by atoms with van der Waals surface area (Å²) in [5.74, 6) is -2.15. The number of hydrazine groups is 1. The van der Waals surface area contributed by atoms with Crippen LogP contribution in [0.4, 0.5) is 8.78 Å². The van der Waals surface area contributed by atoms with Gasteiger partial charge in [0.2, 0.25) is 0 Å². The van der Waals surface area contributed by atoms with Gasteiger partial charge < -0.3 is 0 Å². The molecule has 0 radical (unpaired) electrons. The first-order chi connectivity index (χ1) is 11.0. The van der Waals surface area contributed by atoms with Crippen molar-refractivity contribution in [3.05, 3.63) is 70.2 Å². The van der Waals surface area contributed by atoms with Crippen LogP contribution in [0.5, 0.6) is 0 Å². The summed E-state index contributed by atoms with van der Waals surface area (Å²) in [5, 5.41) is 0.536. The lowest BCUT2D eigenvalue weighted by molar-refractivity contribution is -0.116. The zero-order valence-corrected chi connectivity index (χ0v) is 12.9. The van der Waals surface area contributed by atoms with Crippen molar-refractivity contribution in [2.45, 2.75) is 13.0 Å². The summed E-state index contributed by atoms with van der Waals surface area (Å²) in [6, 6.07) is 9.95. The van der Waals surface area contributed by atoms with Crippen molar-refractivity contribution in [2.75, 3.05) is 0 Å². The van der Waals surface area contributed by atoms with Crippen molar-refractivity contribution in [1.29, 1.82) is 0 Å². The van der Waals surface area contributed by atoms with Crippen LogP contribution in [0, 0.1) is 11.6 Å². The summed E-state index contributed by atoms with van der Waals surface area (Å²) in [6.45, 7) is 1.79. The van der Waals surface area contributed by atoms with Gasteiger partial charge in [0.15, 0.2) is 0 Å². The number of amides is 1. The Hall–Kier alpha value is -2.24. The molecule has 2 aromatic rings. The first-order valence-corrected chi connectivity index (χ1v) is 7.37. The number of benzene rings is 2. The van der Waals surface area contributed by atoms with E-state index < -0.39 is 17.5 Å². The molecule has 6 heteroatoms. The van der Waals surface area contributed by atoms with Gasteiger partial charge in [-0.3, -0.25) is 10.2 Å². The van der Waals surface area contributed by atoms with Crippen molar-refractivity contribution >= 4 is 28.7 Å². The van der Waals surface area contributed by atoms with Crippen LogP contribution in [0.1, 0.15) is 18.1 Å². The predicted molar refractivity (Wildman–Crippen MR) is 85.4 cm³/mol. The number of hydrogen-bond acceptors (Lipinski definition) is 2. The lowest BCUT2D eigenvalue weighted by Crippen LogP contribution is -2.48. The summed E-state index contributed by atoms with van der Waals surface area (Å²) in [4.78, 5) is 12.3. The van der Waals surface area contributed by atoms with Gasteiger partial charge in [0.25, 0.3) is 5.91 Å². The van der Waals surface area contributed by atoms with E-state index in [2.05, 4.69) is 10.9 Å². The van der Waals surface area contributed by atoms with Gasteiger partial charge >= 0.3 is 0 Å². The van der Waals surface area contributed by atoms with Gasteiger partial charge in [0.05, 0.1) is 11.1 Å². The highest BCUT2D eigenvalue weighted by Crippen LogP contribution is 2.34. The molecule has 2 aromatic carbocycles. The minimum atomic E-state index is -0.782. The Bertz CT molecular complexity index is 782. The molecule has 3 rings (SSSR count). The molecule has 0 fully saturated rings. The standard InChI is InChI=1S/C17H13ClF2N2O/c1-9-14(10-5-7-11(18)8-6-10)16(17(23)22-21-9)15-12(19)3-2-4-13(15)20/h2-9,21H,1H3,(H,22,23)/t9-/m0/s1. The molecule has 1 heterocycles. The number of nitrogens with one attached hydrogen (secondary N) is 2. The lowest BCUT2D eigenvalue weighted by Gasteiger charge is -2.28. The summed E-state index contributed by atoms with van der Waals surface area (Å²) < 4.78 is 28.4. The predicted octanol–water partition coefficient (Wildman–Crippen LogP) is 3.55. The molecular formula is C17H13ClF2N2O. The molecule has 23 heavy (non-hydrogen) atoms. The quantitative estimate of drug-likeness (QED) is 0.882. The molecule has 0 saturated carbocycles. The van der Waals surface area contributed by atoms with Gasteiger partial charge in [-0.1, -0.05) is 29.8 Å². The molecule has 1 amide bonds. The Labute approximate surface area is 136 Å². The van der Waals surface area contributed by atoms with Crippen molar-refractivity contribution < 1.29 is 13.6 Å². The zero-order valence-electron chi connectivity index (χ0n) is 12.2. The van der Waals surface area contributed by atoms with Crippen LogP contribution >= 0.6 is 11.6 Å². The minimum absolute atomic E-state index is 0.0193. The molecule has 118 valence electrons. The van der Waals surface area contributed by atoms with E-state index in [1.54, 1.807) is 31.2 Å². The zero-order chi connectivity index (χ0) is 16.6. The first kappa shape index (κ1) is 15.6. The average Bonchev–Trinajstić information content (AvgIpc) is 2.52. The molecule has 0 aliphatic carbocycles. The molecule has 1 aliphatic rings. The summed E-state index contributed by atoms with van der Waals surface area (Å²) >= 11 is 5.89. The molecule has 2 N–H and O–H groups in total. The second-order valence-corrected chi connectivity index (χ2v) is 5.65. The SMILES string of the molecule is C[C@@H]1NNC(=O)C(c2c(F)cccc2F)=C1c1ccc(Cl)cc1. The van der Waals surface area contributed by atoms with Crippen molar-refractivity contribution in [1.82, 2.24) is 10.9 Å². The smallest absolute Gasteiger partial charge is 0.266 e. The summed E-state index contributed by atoms with van der Waals surface area (Å²) in [6.07, 6.45) is 0. The van der Waals surface area contributed by atoms with Crippen LogP contribution in [-0.4, -0.2) is 11.9 Å². The van der Waals surface area contributed by atoms with Gasteiger partial charge in [0, 0.05) is 11.1 Å². The van der Waals surface area contributed by atoms with E-state index in [0.29, 0.717) is 16.2 Å². The molecule has 1 atom stereocenters. The van der Waals surface area contributed by atoms with Gasteiger partial charge in [0.1, 0.15) is 11.6 Å². The maximum Gasteiger partial charge on any atom is 0.266 e. The third-order valence-corrected chi connectivity index (χ3v) is 3.95. The Morgan fingerprint density at radius 2 is 1.65 bits per heavy atom. The molecule has 0 spiro atoms. The van der Waals surface area contributed by atoms with Gasteiger partial charge in [-0.05, 0) is 42.3 Å². The lowest BCUT2D eigenvalue weighted by atomic mass is 9.88. The van der Waals surface area contributed by atoms with Crippen LogP contribution < -0.4 is 10.9 Å². The third kappa shape index (κ3) is 2.85. The van der Waals surface area contributed by atoms with Crippen LogP contribution in [0.25, 0.3) is 11.1 Å². The monoisotopic (exact) mass is 334 g/mol. The molecule has 0 unspecified atom stereocenters. The molecular weight excluding hydrogens is 322 g/mol. The molecule has 1 aliphatic heterocycles. The van der Waals surface area contributed by atoms with Crippen molar-refractivity contribution in [2.24, 2.45) is 0 Å². The number of rotatable bonds is 2. The van der Waals surface area contributed by atoms with Crippen LogP contribution in [-0.2, 0) is 4.79 Å². The molecule has 3 nitrogen and oxygen atoms in total. The third-order valence-electron chi connectivity index (χ3n) is 3.70. The Morgan fingerprint density at radius 3 is 2.26 bits per heavy atom. The van der Waals surface area contributed by atoms with Crippen LogP contribution in [0.15, 0.2) is 42.5 Å². The van der Waals surface area contributed by atoms with E-state index in [0.717, 1.165) is 12.1 Å². The minimum Gasteiger partial charge on any atom is -0.287 e. The molecule has 0 saturated heterocycles. The van der Waals surface area contributed by atoms with Crippen molar-refractivity contribution in [3.8, 4) is 0 Å².